The van der Waals surface area contributed by atoms with Crippen molar-refractivity contribution in [3.8, 4) is 11.4 Å². The Hall–Kier alpha value is -2.18. The Kier molecular flexibility index (Phi) is 3.63. The lowest BCUT2D eigenvalue weighted by atomic mass is 9.99. The van der Waals surface area contributed by atoms with Crippen LogP contribution in [0.2, 0.25) is 5.02 Å². The van der Waals surface area contributed by atoms with Crippen LogP contribution in [0.25, 0.3) is 11.4 Å². The molecule has 3 heterocycles. The zero-order valence-electron chi connectivity index (χ0n) is 12.0. The van der Waals surface area contributed by atoms with Crippen LogP contribution in [-0.2, 0) is 0 Å². The van der Waals surface area contributed by atoms with Crippen LogP contribution in [0.5, 0.6) is 0 Å². The molecule has 0 aliphatic carbocycles. The monoisotopic (exact) mass is 345 g/mol. The Morgan fingerprint density at radius 1 is 1.26 bits per heavy atom. The second-order valence-corrected chi connectivity index (χ2v) is 6.60. The van der Waals surface area contributed by atoms with Gasteiger partial charge in [0.15, 0.2) is 0 Å². The van der Waals surface area contributed by atoms with Crippen LogP contribution in [0.15, 0.2) is 45.6 Å². The fourth-order valence-corrected chi connectivity index (χ4v) is 3.25. The lowest BCUT2D eigenvalue weighted by Crippen LogP contribution is -2.48. The van der Waals surface area contributed by atoms with Gasteiger partial charge >= 0.3 is 0 Å². The second kappa shape index (κ2) is 5.79. The Bertz CT molecular complexity index is 823. The summed E-state index contributed by atoms with van der Waals surface area (Å²) in [6, 6.07) is 8.86. The first kappa shape index (κ1) is 14.4. The van der Waals surface area contributed by atoms with E-state index in [-0.39, 0.29) is 11.8 Å². The summed E-state index contributed by atoms with van der Waals surface area (Å²) in [5.74, 6) is 1.29. The number of halogens is 1. The van der Waals surface area contributed by atoms with E-state index in [0.29, 0.717) is 35.4 Å². The number of carbonyl (C=O) groups is 1. The molecular weight excluding hydrogens is 334 g/mol. The van der Waals surface area contributed by atoms with Gasteiger partial charge in [0.25, 0.3) is 5.91 Å². The number of thiophene rings is 1. The van der Waals surface area contributed by atoms with Crippen molar-refractivity contribution in [2.24, 2.45) is 0 Å². The summed E-state index contributed by atoms with van der Waals surface area (Å²) >= 11 is 7.43. The Balaban J connectivity index is 1.41. The minimum Gasteiger partial charge on any atom is -0.339 e. The molecule has 0 radical (unpaired) electrons. The van der Waals surface area contributed by atoms with Gasteiger partial charge in [-0.25, -0.2) is 0 Å². The summed E-state index contributed by atoms with van der Waals surface area (Å²) in [5.41, 5.74) is 1.59. The van der Waals surface area contributed by atoms with Crippen molar-refractivity contribution in [3.63, 3.8) is 0 Å². The van der Waals surface area contributed by atoms with Gasteiger partial charge in [0.05, 0.1) is 5.92 Å². The summed E-state index contributed by atoms with van der Waals surface area (Å²) in [6.45, 7) is 1.18. The minimum absolute atomic E-state index is 0.00418. The normalized spacial score (nSPS) is 14.7. The molecule has 4 rings (SSSR count). The average molecular weight is 346 g/mol. The lowest BCUT2D eigenvalue weighted by molar-refractivity contribution is 0.0569. The zero-order valence-corrected chi connectivity index (χ0v) is 13.5. The number of hydrogen-bond acceptors (Lipinski definition) is 5. The summed E-state index contributed by atoms with van der Waals surface area (Å²) in [6.07, 6.45) is 0. The van der Waals surface area contributed by atoms with E-state index in [0.717, 1.165) is 5.56 Å². The van der Waals surface area contributed by atoms with Crippen LogP contribution in [0.1, 0.15) is 22.2 Å². The van der Waals surface area contributed by atoms with E-state index in [4.69, 9.17) is 16.1 Å². The molecule has 5 nitrogen and oxygen atoms in total. The largest absolute Gasteiger partial charge is 0.339 e. The molecule has 0 spiro atoms. The van der Waals surface area contributed by atoms with Crippen LogP contribution in [0.3, 0.4) is 0 Å². The number of rotatable bonds is 3. The second-order valence-electron chi connectivity index (χ2n) is 5.38. The molecule has 1 saturated heterocycles. The molecule has 116 valence electrons. The number of amides is 1. The van der Waals surface area contributed by atoms with Gasteiger partial charge in [-0.2, -0.15) is 16.3 Å². The standard InChI is InChI=1S/C16H12ClN3O2S/c17-13-3-1-10(2-4-13)16(21)20-7-12(8-20)15-18-14(19-22-15)11-5-6-23-9-11/h1-6,9,12H,7-8H2. The molecule has 0 unspecified atom stereocenters. The van der Waals surface area contributed by atoms with Crippen molar-refractivity contribution in [2.45, 2.75) is 5.92 Å². The molecule has 0 bridgehead atoms. The van der Waals surface area contributed by atoms with E-state index in [1.807, 2.05) is 16.8 Å². The van der Waals surface area contributed by atoms with Gasteiger partial charge in [0.1, 0.15) is 0 Å². The highest BCUT2D eigenvalue weighted by molar-refractivity contribution is 7.08. The third-order valence-corrected chi connectivity index (χ3v) is 4.77. The van der Waals surface area contributed by atoms with Crippen LogP contribution in [0.4, 0.5) is 0 Å². The number of benzene rings is 1. The number of aromatic nitrogens is 2. The Morgan fingerprint density at radius 3 is 2.74 bits per heavy atom. The SMILES string of the molecule is O=C(c1ccc(Cl)cc1)N1CC(c2nc(-c3ccsc3)no2)C1. The summed E-state index contributed by atoms with van der Waals surface area (Å²) < 4.78 is 5.33. The molecule has 2 aromatic heterocycles. The maximum atomic E-state index is 12.3. The van der Waals surface area contributed by atoms with Crippen molar-refractivity contribution in [1.29, 1.82) is 0 Å². The van der Waals surface area contributed by atoms with Crippen molar-refractivity contribution >= 4 is 28.8 Å². The predicted octanol–water partition coefficient (Wildman–Crippen LogP) is 3.69. The summed E-state index contributed by atoms with van der Waals surface area (Å²) in [4.78, 5) is 18.5. The number of carbonyl (C=O) groups excluding carboxylic acids is 1. The van der Waals surface area contributed by atoms with Gasteiger partial charge in [0, 0.05) is 34.6 Å². The average Bonchev–Trinajstić information content (AvgIpc) is 3.17. The van der Waals surface area contributed by atoms with Crippen molar-refractivity contribution < 1.29 is 9.32 Å². The minimum atomic E-state index is -0.00418. The van der Waals surface area contributed by atoms with Gasteiger partial charge in [-0.1, -0.05) is 16.8 Å². The van der Waals surface area contributed by atoms with Crippen LogP contribution < -0.4 is 0 Å². The van der Waals surface area contributed by atoms with Crippen molar-refractivity contribution in [2.75, 3.05) is 13.1 Å². The van der Waals surface area contributed by atoms with Crippen molar-refractivity contribution in [1.82, 2.24) is 15.0 Å². The number of hydrogen-bond donors (Lipinski definition) is 0. The van der Waals surface area contributed by atoms with Gasteiger partial charge in [-0.15, -0.1) is 0 Å². The molecule has 1 aliphatic rings. The highest BCUT2D eigenvalue weighted by Gasteiger charge is 2.36. The van der Waals surface area contributed by atoms with Crippen LogP contribution in [0, 0.1) is 0 Å². The molecule has 7 heteroatoms. The molecular formula is C16H12ClN3O2S. The van der Waals surface area contributed by atoms with Crippen molar-refractivity contribution in [3.05, 3.63) is 57.6 Å². The van der Waals surface area contributed by atoms with Crippen LogP contribution >= 0.6 is 22.9 Å². The Labute approximate surface area is 141 Å². The van der Waals surface area contributed by atoms with Gasteiger partial charge in [0.2, 0.25) is 11.7 Å². The van der Waals surface area contributed by atoms with E-state index < -0.39 is 0 Å². The fraction of sp³-hybridized carbons (Fsp3) is 0.188. The van der Waals surface area contributed by atoms with E-state index in [1.54, 1.807) is 40.5 Å². The number of nitrogens with zero attached hydrogens (tertiary/aromatic N) is 3. The van der Waals surface area contributed by atoms with E-state index in [1.165, 1.54) is 0 Å². The molecule has 1 aliphatic heterocycles. The van der Waals surface area contributed by atoms with Gasteiger partial charge < -0.3 is 9.42 Å². The fourth-order valence-electron chi connectivity index (χ4n) is 2.49. The van der Waals surface area contributed by atoms with Gasteiger partial charge in [-0.3, -0.25) is 4.79 Å². The highest BCUT2D eigenvalue weighted by Crippen LogP contribution is 2.29. The predicted molar refractivity (Wildman–Crippen MR) is 87.7 cm³/mol. The molecule has 0 N–H and O–H groups in total. The van der Waals surface area contributed by atoms with E-state index in [9.17, 15) is 4.79 Å². The quantitative estimate of drug-likeness (QED) is 0.726. The molecule has 1 fully saturated rings. The maximum Gasteiger partial charge on any atom is 0.253 e. The lowest BCUT2D eigenvalue weighted by Gasteiger charge is -2.37. The summed E-state index contributed by atoms with van der Waals surface area (Å²) in [5, 5.41) is 8.57. The van der Waals surface area contributed by atoms with E-state index >= 15 is 0 Å². The van der Waals surface area contributed by atoms with Crippen LogP contribution in [-0.4, -0.2) is 34.0 Å². The van der Waals surface area contributed by atoms with Gasteiger partial charge in [-0.05, 0) is 35.7 Å². The zero-order chi connectivity index (χ0) is 15.8. The first-order valence-corrected chi connectivity index (χ1v) is 8.44. The molecule has 1 amide bonds. The molecule has 0 atom stereocenters. The third-order valence-electron chi connectivity index (χ3n) is 3.83. The maximum absolute atomic E-state index is 12.3. The topological polar surface area (TPSA) is 59.2 Å². The highest BCUT2D eigenvalue weighted by atomic mass is 35.5. The molecule has 0 saturated carbocycles. The molecule has 23 heavy (non-hydrogen) atoms. The summed E-state index contributed by atoms with van der Waals surface area (Å²) in [7, 11) is 0. The molecule has 1 aromatic carbocycles. The first-order chi connectivity index (χ1) is 11.2. The smallest absolute Gasteiger partial charge is 0.253 e. The third kappa shape index (κ3) is 2.75. The molecule has 3 aromatic rings. The Morgan fingerprint density at radius 2 is 2.04 bits per heavy atom. The first-order valence-electron chi connectivity index (χ1n) is 7.12. The van der Waals surface area contributed by atoms with E-state index in [2.05, 4.69) is 10.1 Å². The number of likely N-dealkylation sites (tertiary alicyclic amines) is 1.